The number of thiophene rings is 1. The van der Waals surface area contributed by atoms with Crippen LogP contribution in [-0.4, -0.2) is 20.5 Å². The third-order valence-electron chi connectivity index (χ3n) is 3.33. The molecule has 0 aliphatic rings. The number of hydrogen-bond donors (Lipinski definition) is 2. The molecule has 0 aliphatic carbocycles. The van der Waals surface area contributed by atoms with Crippen LogP contribution in [0.3, 0.4) is 0 Å². The Labute approximate surface area is 114 Å². The Morgan fingerprint density at radius 2 is 1.89 bits per heavy atom. The molecule has 0 bridgehead atoms. The Morgan fingerprint density at radius 1 is 1.33 bits per heavy atom. The lowest BCUT2D eigenvalue weighted by Crippen LogP contribution is -2.52. The fraction of sp³-hybridized carbons (Fsp3) is 0.667. The van der Waals surface area contributed by atoms with Gasteiger partial charge in [-0.3, -0.25) is 0 Å². The van der Waals surface area contributed by atoms with Crippen LogP contribution in [0.15, 0.2) is 10.3 Å². The number of nitrogens with two attached hydrogens (primary N) is 1. The molecule has 104 valence electrons. The van der Waals surface area contributed by atoms with E-state index in [1.54, 1.807) is 0 Å². The van der Waals surface area contributed by atoms with E-state index in [2.05, 4.69) is 4.72 Å². The average Bonchev–Trinajstić information content (AvgIpc) is 2.66. The standard InChI is InChI=1S/C12H22N2O2S2/c1-5-12(6-2,8-13)14-18(15,16)11-9(3)7-10(4)17-11/h7,14H,5-6,8,13H2,1-4H3. The molecule has 1 aromatic rings. The number of sulfonamides is 1. The maximum atomic E-state index is 12.4. The van der Waals surface area contributed by atoms with Gasteiger partial charge in [-0.05, 0) is 38.3 Å². The van der Waals surface area contributed by atoms with Crippen molar-refractivity contribution < 1.29 is 8.42 Å². The molecule has 1 aromatic heterocycles. The first kappa shape index (κ1) is 15.6. The predicted octanol–water partition coefficient (Wildman–Crippen LogP) is 2.16. The van der Waals surface area contributed by atoms with Crippen molar-refractivity contribution in [2.75, 3.05) is 6.54 Å². The molecule has 4 nitrogen and oxygen atoms in total. The van der Waals surface area contributed by atoms with Crippen LogP contribution in [0, 0.1) is 13.8 Å². The van der Waals surface area contributed by atoms with E-state index in [0.29, 0.717) is 23.6 Å². The first-order valence-electron chi connectivity index (χ1n) is 6.11. The summed E-state index contributed by atoms with van der Waals surface area (Å²) in [4.78, 5) is 0.999. The van der Waals surface area contributed by atoms with Gasteiger partial charge in [-0.2, -0.15) is 0 Å². The third kappa shape index (κ3) is 3.12. The van der Waals surface area contributed by atoms with Gasteiger partial charge in [0.2, 0.25) is 0 Å². The predicted molar refractivity (Wildman–Crippen MR) is 76.5 cm³/mol. The second-order valence-electron chi connectivity index (χ2n) is 4.62. The molecule has 18 heavy (non-hydrogen) atoms. The number of rotatable bonds is 6. The molecule has 6 heteroatoms. The van der Waals surface area contributed by atoms with Crippen LogP contribution in [0.25, 0.3) is 0 Å². The summed E-state index contributed by atoms with van der Waals surface area (Å²) < 4.78 is 28.0. The van der Waals surface area contributed by atoms with Crippen LogP contribution in [0.4, 0.5) is 0 Å². The summed E-state index contributed by atoms with van der Waals surface area (Å²) in [6, 6.07) is 1.89. The highest BCUT2D eigenvalue weighted by Gasteiger charge is 2.32. The molecule has 0 aliphatic heterocycles. The van der Waals surface area contributed by atoms with Gasteiger partial charge in [-0.25, -0.2) is 13.1 Å². The number of aryl methyl sites for hydroxylation is 2. The minimum atomic E-state index is -3.48. The monoisotopic (exact) mass is 290 g/mol. The van der Waals surface area contributed by atoms with Crippen LogP contribution in [0.5, 0.6) is 0 Å². The highest BCUT2D eigenvalue weighted by molar-refractivity contribution is 7.91. The minimum Gasteiger partial charge on any atom is -0.329 e. The second-order valence-corrected chi connectivity index (χ2v) is 7.76. The normalized spacial score (nSPS) is 12.9. The summed E-state index contributed by atoms with van der Waals surface area (Å²) in [5.74, 6) is 0. The lowest BCUT2D eigenvalue weighted by molar-refractivity contribution is 0.363. The van der Waals surface area contributed by atoms with Gasteiger partial charge >= 0.3 is 0 Å². The Morgan fingerprint density at radius 3 is 2.22 bits per heavy atom. The molecule has 3 N–H and O–H groups in total. The lowest BCUT2D eigenvalue weighted by atomic mass is 9.95. The van der Waals surface area contributed by atoms with Crippen molar-refractivity contribution in [1.29, 1.82) is 0 Å². The Hall–Kier alpha value is -0.430. The molecular weight excluding hydrogens is 268 g/mol. The summed E-state index contributed by atoms with van der Waals surface area (Å²) in [5.41, 5.74) is 5.99. The third-order valence-corrected chi connectivity index (χ3v) is 6.70. The van der Waals surface area contributed by atoms with Crippen LogP contribution in [0.2, 0.25) is 0 Å². The van der Waals surface area contributed by atoms with Crippen LogP contribution >= 0.6 is 11.3 Å². The summed E-state index contributed by atoms with van der Waals surface area (Å²) in [7, 11) is -3.48. The number of hydrogen-bond acceptors (Lipinski definition) is 4. The van der Waals surface area contributed by atoms with Crippen molar-refractivity contribution >= 4 is 21.4 Å². The van der Waals surface area contributed by atoms with Crippen LogP contribution < -0.4 is 10.5 Å². The molecule has 0 aromatic carbocycles. The topological polar surface area (TPSA) is 72.2 Å². The van der Waals surface area contributed by atoms with Gasteiger partial charge in [0.05, 0.1) is 0 Å². The number of nitrogens with one attached hydrogen (secondary N) is 1. The molecule has 0 radical (unpaired) electrons. The van der Waals surface area contributed by atoms with Crippen molar-refractivity contribution in [2.45, 2.75) is 50.3 Å². The van der Waals surface area contributed by atoms with Crippen LogP contribution in [-0.2, 0) is 10.0 Å². The van der Waals surface area contributed by atoms with E-state index < -0.39 is 15.6 Å². The fourth-order valence-electron chi connectivity index (χ4n) is 1.94. The van der Waals surface area contributed by atoms with E-state index in [0.717, 1.165) is 10.4 Å². The summed E-state index contributed by atoms with van der Waals surface area (Å²) in [6.45, 7) is 7.94. The van der Waals surface area contributed by atoms with Gasteiger partial charge in [-0.15, -0.1) is 11.3 Å². The van der Waals surface area contributed by atoms with E-state index in [1.165, 1.54) is 11.3 Å². The molecule has 1 heterocycles. The molecule has 0 saturated carbocycles. The second kappa shape index (κ2) is 5.69. The van der Waals surface area contributed by atoms with Crippen LogP contribution in [0.1, 0.15) is 37.1 Å². The van der Waals surface area contributed by atoms with E-state index in [9.17, 15) is 8.42 Å². The summed E-state index contributed by atoms with van der Waals surface area (Å²) >= 11 is 1.30. The average molecular weight is 290 g/mol. The zero-order chi connectivity index (χ0) is 14.0. The van der Waals surface area contributed by atoms with Gasteiger partial charge in [-0.1, -0.05) is 13.8 Å². The zero-order valence-electron chi connectivity index (χ0n) is 11.4. The fourth-order valence-corrected chi connectivity index (χ4v) is 5.17. The summed E-state index contributed by atoms with van der Waals surface area (Å²) in [5, 5.41) is 0. The quantitative estimate of drug-likeness (QED) is 0.843. The van der Waals surface area contributed by atoms with Gasteiger partial charge in [0.25, 0.3) is 10.0 Å². The maximum absolute atomic E-state index is 12.4. The molecular formula is C12H22N2O2S2. The first-order valence-corrected chi connectivity index (χ1v) is 8.41. The van der Waals surface area contributed by atoms with E-state index >= 15 is 0 Å². The smallest absolute Gasteiger partial charge is 0.250 e. The Kier molecular flexibility index (Phi) is 4.94. The van der Waals surface area contributed by atoms with E-state index in [-0.39, 0.29) is 0 Å². The van der Waals surface area contributed by atoms with Crippen molar-refractivity contribution in [3.63, 3.8) is 0 Å². The Bertz CT molecular complexity index is 494. The first-order chi connectivity index (χ1) is 8.30. The Balaban J connectivity index is 3.12. The molecule has 0 fully saturated rings. The van der Waals surface area contributed by atoms with E-state index in [1.807, 2.05) is 33.8 Å². The van der Waals surface area contributed by atoms with Crippen molar-refractivity contribution in [3.8, 4) is 0 Å². The molecule has 0 atom stereocenters. The molecule has 0 unspecified atom stereocenters. The molecule has 0 saturated heterocycles. The highest BCUT2D eigenvalue weighted by atomic mass is 32.2. The van der Waals surface area contributed by atoms with E-state index in [4.69, 9.17) is 5.73 Å². The van der Waals surface area contributed by atoms with Gasteiger partial charge in [0, 0.05) is 17.0 Å². The van der Waals surface area contributed by atoms with Crippen molar-refractivity contribution in [3.05, 3.63) is 16.5 Å². The minimum absolute atomic E-state index is 0.308. The van der Waals surface area contributed by atoms with Crippen molar-refractivity contribution in [2.24, 2.45) is 5.73 Å². The largest absolute Gasteiger partial charge is 0.329 e. The molecule has 1 rings (SSSR count). The lowest BCUT2D eigenvalue weighted by Gasteiger charge is -2.30. The van der Waals surface area contributed by atoms with Crippen molar-refractivity contribution in [1.82, 2.24) is 4.72 Å². The molecule has 0 amide bonds. The van der Waals surface area contributed by atoms with Gasteiger partial charge < -0.3 is 5.73 Å². The zero-order valence-corrected chi connectivity index (χ0v) is 13.0. The molecule has 0 spiro atoms. The SMILES string of the molecule is CCC(CC)(CN)NS(=O)(=O)c1sc(C)cc1C. The summed E-state index contributed by atoms with van der Waals surface area (Å²) in [6.07, 6.45) is 1.37. The van der Waals surface area contributed by atoms with Gasteiger partial charge in [0.15, 0.2) is 0 Å². The highest BCUT2D eigenvalue weighted by Crippen LogP contribution is 2.28. The maximum Gasteiger partial charge on any atom is 0.250 e. The van der Waals surface area contributed by atoms with Gasteiger partial charge in [0.1, 0.15) is 4.21 Å².